The molecule has 142 valence electrons. The Hall–Kier alpha value is -3.75. The third-order valence-electron chi connectivity index (χ3n) is 4.69. The van der Waals surface area contributed by atoms with Crippen molar-refractivity contribution in [2.75, 3.05) is 11.9 Å². The standard InChI is InChI=1S/C19H16N4O5/c1-2-28-18(25)15-16(11-7-9-12(10-8-11)23(26)27)22-14-6-4-3-5-13(14)20-19(22)21-17(15)24/h3-10,15-16H,2H2,1H3,(H,20,21,24)/t15-,16-/m1/s1. The number of non-ortho nitro benzene ring substituents is 1. The topological polar surface area (TPSA) is 116 Å². The van der Waals surface area contributed by atoms with Gasteiger partial charge in [-0.1, -0.05) is 24.3 Å². The molecule has 9 heteroatoms. The van der Waals surface area contributed by atoms with Gasteiger partial charge in [0.25, 0.3) is 5.69 Å². The Morgan fingerprint density at radius 1 is 1.25 bits per heavy atom. The summed E-state index contributed by atoms with van der Waals surface area (Å²) in [5.41, 5.74) is 1.89. The summed E-state index contributed by atoms with van der Waals surface area (Å²) in [7, 11) is 0. The maximum atomic E-state index is 12.7. The third-order valence-corrected chi connectivity index (χ3v) is 4.69. The molecule has 1 aromatic heterocycles. The van der Waals surface area contributed by atoms with Crippen molar-refractivity contribution in [3.63, 3.8) is 0 Å². The molecule has 0 fully saturated rings. The second kappa shape index (κ2) is 6.76. The molecule has 2 atom stereocenters. The highest BCUT2D eigenvalue weighted by molar-refractivity contribution is 6.07. The number of nitrogens with zero attached hydrogens (tertiary/aromatic N) is 3. The number of benzene rings is 2. The lowest BCUT2D eigenvalue weighted by molar-refractivity contribution is -0.384. The number of rotatable bonds is 4. The minimum atomic E-state index is -1.15. The summed E-state index contributed by atoms with van der Waals surface area (Å²) in [5, 5.41) is 13.7. The molecule has 3 aromatic rings. The highest BCUT2D eigenvalue weighted by atomic mass is 16.6. The largest absolute Gasteiger partial charge is 0.465 e. The molecule has 1 aliphatic rings. The number of nitro groups is 1. The molecule has 0 saturated carbocycles. The Labute approximate surface area is 159 Å². The second-order valence-corrected chi connectivity index (χ2v) is 6.31. The Morgan fingerprint density at radius 3 is 2.64 bits per heavy atom. The zero-order chi connectivity index (χ0) is 19.8. The molecule has 0 bridgehead atoms. The van der Waals surface area contributed by atoms with E-state index in [1.807, 2.05) is 18.2 Å². The van der Waals surface area contributed by atoms with E-state index in [0.29, 0.717) is 17.0 Å². The number of ether oxygens (including phenoxy) is 1. The van der Waals surface area contributed by atoms with E-state index in [-0.39, 0.29) is 12.3 Å². The van der Waals surface area contributed by atoms with Crippen LogP contribution in [0, 0.1) is 16.0 Å². The fraction of sp³-hybridized carbons (Fsp3) is 0.211. The average Bonchev–Trinajstić information content (AvgIpc) is 3.05. The molecule has 1 N–H and O–H groups in total. The van der Waals surface area contributed by atoms with Gasteiger partial charge in [0.1, 0.15) is 0 Å². The summed E-state index contributed by atoms with van der Waals surface area (Å²) in [6.45, 7) is 1.80. The summed E-state index contributed by atoms with van der Waals surface area (Å²) in [6.07, 6.45) is 0. The number of nitro benzene ring substituents is 1. The molecule has 1 aliphatic heterocycles. The van der Waals surface area contributed by atoms with Gasteiger partial charge in [-0.2, -0.15) is 0 Å². The molecule has 0 radical (unpaired) electrons. The smallest absolute Gasteiger partial charge is 0.321 e. The third kappa shape index (κ3) is 2.77. The van der Waals surface area contributed by atoms with E-state index in [0.717, 1.165) is 5.52 Å². The first-order valence-electron chi connectivity index (χ1n) is 8.70. The SMILES string of the molecule is CCOC(=O)[C@H]1C(=O)Nc2nc3ccccc3n2[C@@H]1c1ccc([N+](=O)[O-])cc1. The average molecular weight is 380 g/mol. The molecule has 0 aliphatic carbocycles. The maximum Gasteiger partial charge on any atom is 0.321 e. The van der Waals surface area contributed by atoms with Gasteiger partial charge in [0.15, 0.2) is 5.92 Å². The first-order valence-corrected chi connectivity index (χ1v) is 8.70. The summed E-state index contributed by atoms with van der Waals surface area (Å²) in [4.78, 5) is 40.3. The number of nitrogens with one attached hydrogen (secondary N) is 1. The molecule has 4 rings (SSSR count). The van der Waals surface area contributed by atoms with Crippen molar-refractivity contribution in [2.45, 2.75) is 13.0 Å². The van der Waals surface area contributed by atoms with Crippen LogP contribution in [0.1, 0.15) is 18.5 Å². The van der Waals surface area contributed by atoms with Crippen LogP contribution in [0.25, 0.3) is 11.0 Å². The number of carbonyl (C=O) groups excluding carboxylic acids is 2. The molecule has 9 nitrogen and oxygen atoms in total. The number of aromatic nitrogens is 2. The van der Waals surface area contributed by atoms with Gasteiger partial charge >= 0.3 is 5.97 Å². The highest BCUT2D eigenvalue weighted by Crippen LogP contribution is 2.38. The summed E-state index contributed by atoms with van der Waals surface area (Å²) >= 11 is 0. The molecule has 1 amide bonds. The Kier molecular flexibility index (Phi) is 4.26. The van der Waals surface area contributed by atoms with Crippen LogP contribution >= 0.6 is 0 Å². The van der Waals surface area contributed by atoms with Crippen molar-refractivity contribution in [3.8, 4) is 0 Å². The molecule has 0 spiro atoms. The van der Waals surface area contributed by atoms with Crippen LogP contribution in [0.3, 0.4) is 0 Å². The number of imidazole rings is 1. The Bertz CT molecular complexity index is 1090. The number of esters is 1. The van der Waals surface area contributed by atoms with Gasteiger partial charge in [-0.25, -0.2) is 4.98 Å². The summed E-state index contributed by atoms with van der Waals surface area (Å²) in [6, 6.07) is 12.4. The predicted molar refractivity (Wildman–Crippen MR) is 99.7 cm³/mol. The monoisotopic (exact) mass is 380 g/mol. The highest BCUT2D eigenvalue weighted by Gasteiger charge is 2.44. The first kappa shape index (κ1) is 17.7. The zero-order valence-electron chi connectivity index (χ0n) is 14.9. The molecule has 0 unspecified atom stereocenters. The fourth-order valence-electron chi connectivity index (χ4n) is 3.50. The summed E-state index contributed by atoms with van der Waals surface area (Å²) in [5.74, 6) is -2.02. The number of amides is 1. The normalized spacial score (nSPS) is 18.4. The fourth-order valence-corrected chi connectivity index (χ4v) is 3.50. The number of hydrogen-bond donors (Lipinski definition) is 1. The molecule has 2 aromatic carbocycles. The van der Waals surface area contributed by atoms with E-state index in [4.69, 9.17) is 4.74 Å². The van der Waals surface area contributed by atoms with E-state index in [1.54, 1.807) is 29.7 Å². The molecular formula is C19H16N4O5. The van der Waals surface area contributed by atoms with Gasteiger partial charge in [0, 0.05) is 12.1 Å². The van der Waals surface area contributed by atoms with Gasteiger partial charge in [0.05, 0.1) is 28.6 Å². The van der Waals surface area contributed by atoms with Gasteiger partial charge in [-0.05, 0) is 24.6 Å². The lowest BCUT2D eigenvalue weighted by Gasteiger charge is -2.32. The van der Waals surface area contributed by atoms with Crippen molar-refractivity contribution < 1.29 is 19.2 Å². The van der Waals surface area contributed by atoms with Crippen molar-refractivity contribution in [2.24, 2.45) is 5.92 Å². The van der Waals surface area contributed by atoms with E-state index < -0.39 is 28.8 Å². The molecule has 2 heterocycles. The lowest BCUT2D eigenvalue weighted by atomic mass is 9.90. The first-order chi connectivity index (χ1) is 13.5. The van der Waals surface area contributed by atoms with Crippen LogP contribution in [0.15, 0.2) is 48.5 Å². The lowest BCUT2D eigenvalue weighted by Crippen LogP contribution is -2.43. The van der Waals surface area contributed by atoms with Gasteiger partial charge in [-0.15, -0.1) is 0 Å². The number of para-hydroxylation sites is 2. The van der Waals surface area contributed by atoms with Gasteiger partial charge in [-0.3, -0.25) is 25.0 Å². The predicted octanol–water partition coefficient (Wildman–Crippen LogP) is 2.67. The van der Waals surface area contributed by atoms with E-state index >= 15 is 0 Å². The number of anilines is 1. The molecule has 28 heavy (non-hydrogen) atoms. The van der Waals surface area contributed by atoms with E-state index in [9.17, 15) is 19.7 Å². The molecular weight excluding hydrogens is 364 g/mol. The van der Waals surface area contributed by atoms with Crippen LogP contribution in [0.4, 0.5) is 11.6 Å². The van der Waals surface area contributed by atoms with E-state index in [2.05, 4.69) is 10.3 Å². The van der Waals surface area contributed by atoms with Crippen molar-refractivity contribution in [1.82, 2.24) is 9.55 Å². The molecule has 0 saturated heterocycles. The number of carbonyl (C=O) groups is 2. The number of hydrogen-bond acceptors (Lipinski definition) is 6. The van der Waals surface area contributed by atoms with Crippen LogP contribution in [0.2, 0.25) is 0 Å². The van der Waals surface area contributed by atoms with Crippen LogP contribution in [0.5, 0.6) is 0 Å². The second-order valence-electron chi connectivity index (χ2n) is 6.31. The Balaban J connectivity index is 1.92. The van der Waals surface area contributed by atoms with Crippen LogP contribution in [-0.4, -0.2) is 33.0 Å². The minimum absolute atomic E-state index is 0.0765. The number of fused-ring (bicyclic) bond motifs is 3. The quantitative estimate of drug-likeness (QED) is 0.322. The Morgan fingerprint density at radius 2 is 1.96 bits per heavy atom. The van der Waals surface area contributed by atoms with Crippen LogP contribution in [-0.2, 0) is 14.3 Å². The van der Waals surface area contributed by atoms with Crippen molar-refractivity contribution >= 4 is 34.5 Å². The van der Waals surface area contributed by atoms with Gasteiger partial charge in [0.2, 0.25) is 11.9 Å². The van der Waals surface area contributed by atoms with Crippen molar-refractivity contribution in [3.05, 3.63) is 64.2 Å². The van der Waals surface area contributed by atoms with Crippen LogP contribution < -0.4 is 5.32 Å². The van der Waals surface area contributed by atoms with Crippen molar-refractivity contribution in [1.29, 1.82) is 0 Å². The zero-order valence-corrected chi connectivity index (χ0v) is 14.9. The van der Waals surface area contributed by atoms with Gasteiger partial charge < -0.3 is 9.30 Å². The minimum Gasteiger partial charge on any atom is -0.465 e. The maximum absolute atomic E-state index is 12.7. The van der Waals surface area contributed by atoms with E-state index in [1.165, 1.54) is 12.1 Å². The summed E-state index contributed by atoms with van der Waals surface area (Å²) < 4.78 is 6.89.